The summed E-state index contributed by atoms with van der Waals surface area (Å²) in [4.78, 5) is 34.3. The number of ketones is 1. The minimum absolute atomic E-state index is 0.00906. The molecule has 1 unspecified atom stereocenters. The summed E-state index contributed by atoms with van der Waals surface area (Å²) in [7, 11) is 1.46. The van der Waals surface area contributed by atoms with Gasteiger partial charge in [-0.1, -0.05) is 23.7 Å². The van der Waals surface area contributed by atoms with E-state index < -0.39 is 17.7 Å². The quantitative estimate of drug-likeness (QED) is 0.257. The number of methoxy groups -OCH3 is 1. The molecule has 1 atom stereocenters. The largest absolute Gasteiger partial charge is 0.507 e. The Morgan fingerprint density at radius 1 is 1.06 bits per heavy atom. The summed E-state index contributed by atoms with van der Waals surface area (Å²) < 4.78 is 5.40. The van der Waals surface area contributed by atoms with E-state index in [1.807, 2.05) is 24.3 Å². The van der Waals surface area contributed by atoms with Gasteiger partial charge in [-0.3, -0.25) is 14.6 Å². The van der Waals surface area contributed by atoms with Crippen LogP contribution in [0.1, 0.15) is 36.6 Å². The molecule has 1 aliphatic rings. The number of benzene rings is 2. The standard InChI is InChI=1S/C28H28ClN3O4/c1-4-31(5-2)21-9-6-19(7-10-21)25-24(26(33)22-16-20(29)8-11-23(22)36-3)27(34)28(35)32(25)17-18-12-14-30-15-13-18/h6-16,25,33H,4-5,17H2,1-3H3/b26-24+. The molecule has 4 rings (SSSR count). The van der Waals surface area contributed by atoms with Crippen molar-refractivity contribution in [2.24, 2.45) is 0 Å². The maximum atomic E-state index is 13.4. The van der Waals surface area contributed by atoms with Gasteiger partial charge in [0.1, 0.15) is 11.5 Å². The maximum Gasteiger partial charge on any atom is 0.295 e. The Kier molecular flexibility index (Phi) is 7.60. The number of aliphatic hydroxyl groups is 1. The molecule has 0 aliphatic carbocycles. The van der Waals surface area contributed by atoms with E-state index in [0.29, 0.717) is 16.3 Å². The van der Waals surface area contributed by atoms with Gasteiger partial charge in [0.05, 0.1) is 24.3 Å². The molecule has 0 radical (unpaired) electrons. The molecule has 8 heteroatoms. The highest BCUT2D eigenvalue weighted by Crippen LogP contribution is 2.42. The summed E-state index contributed by atoms with van der Waals surface area (Å²) in [6, 6.07) is 15.3. The van der Waals surface area contributed by atoms with E-state index in [0.717, 1.165) is 24.3 Å². The number of aliphatic hydroxyl groups excluding tert-OH is 1. The zero-order chi connectivity index (χ0) is 25.8. The minimum Gasteiger partial charge on any atom is -0.507 e. The number of likely N-dealkylation sites (tertiary alicyclic amines) is 1. The number of nitrogens with zero attached hydrogens (tertiary/aromatic N) is 3. The summed E-state index contributed by atoms with van der Waals surface area (Å²) in [5, 5.41) is 11.8. The number of amides is 1. The third kappa shape index (κ3) is 4.79. The van der Waals surface area contributed by atoms with Crippen LogP contribution < -0.4 is 9.64 Å². The third-order valence-electron chi connectivity index (χ3n) is 6.40. The number of anilines is 1. The summed E-state index contributed by atoms with van der Waals surface area (Å²) in [5.41, 5.74) is 2.80. The highest BCUT2D eigenvalue weighted by atomic mass is 35.5. The smallest absolute Gasteiger partial charge is 0.295 e. The van der Waals surface area contributed by atoms with Crippen molar-refractivity contribution in [2.45, 2.75) is 26.4 Å². The molecule has 1 fully saturated rings. The monoisotopic (exact) mass is 505 g/mol. The Hall–Kier alpha value is -3.84. The number of carbonyl (C=O) groups is 2. The summed E-state index contributed by atoms with van der Waals surface area (Å²) in [5.74, 6) is -1.44. The van der Waals surface area contributed by atoms with Gasteiger partial charge in [0.25, 0.3) is 11.7 Å². The van der Waals surface area contributed by atoms with Crippen LogP contribution >= 0.6 is 11.6 Å². The highest BCUT2D eigenvalue weighted by Gasteiger charge is 2.46. The lowest BCUT2D eigenvalue weighted by Crippen LogP contribution is -2.29. The zero-order valence-corrected chi connectivity index (χ0v) is 21.2. The molecule has 7 nitrogen and oxygen atoms in total. The van der Waals surface area contributed by atoms with Gasteiger partial charge in [-0.15, -0.1) is 0 Å². The van der Waals surface area contributed by atoms with Gasteiger partial charge in [0.15, 0.2) is 0 Å². The summed E-state index contributed by atoms with van der Waals surface area (Å²) in [6.07, 6.45) is 3.27. The molecule has 1 N–H and O–H groups in total. The number of aromatic nitrogens is 1. The first-order valence-electron chi connectivity index (χ1n) is 11.8. The second kappa shape index (κ2) is 10.8. The predicted octanol–water partition coefficient (Wildman–Crippen LogP) is 5.21. The fraction of sp³-hybridized carbons (Fsp3) is 0.250. The molecule has 0 saturated carbocycles. The Balaban J connectivity index is 1.88. The van der Waals surface area contributed by atoms with Crippen LogP contribution in [0.15, 0.2) is 72.6 Å². The zero-order valence-electron chi connectivity index (χ0n) is 20.4. The second-order valence-electron chi connectivity index (χ2n) is 8.39. The van der Waals surface area contributed by atoms with Crippen molar-refractivity contribution in [2.75, 3.05) is 25.1 Å². The third-order valence-corrected chi connectivity index (χ3v) is 6.63. The van der Waals surface area contributed by atoms with E-state index in [2.05, 4.69) is 23.7 Å². The lowest BCUT2D eigenvalue weighted by molar-refractivity contribution is -0.140. The van der Waals surface area contributed by atoms with E-state index in [-0.39, 0.29) is 23.4 Å². The van der Waals surface area contributed by atoms with E-state index >= 15 is 0 Å². The van der Waals surface area contributed by atoms with Crippen LogP contribution in [0.2, 0.25) is 5.02 Å². The van der Waals surface area contributed by atoms with Crippen molar-refractivity contribution in [3.63, 3.8) is 0 Å². The lowest BCUT2D eigenvalue weighted by atomic mass is 9.94. The first-order valence-corrected chi connectivity index (χ1v) is 12.1. The van der Waals surface area contributed by atoms with E-state index in [1.165, 1.54) is 18.1 Å². The first kappa shape index (κ1) is 25.3. The Labute approximate surface area is 215 Å². The van der Waals surface area contributed by atoms with Crippen LogP contribution in [0.5, 0.6) is 5.75 Å². The summed E-state index contributed by atoms with van der Waals surface area (Å²) >= 11 is 6.19. The molecule has 2 heterocycles. The number of pyridine rings is 1. The Morgan fingerprint density at radius 3 is 2.33 bits per heavy atom. The topological polar surface area (TPSA) is 83.0 Å². The highest BCUT2D eigenvalue weighted by molar-refractivity contribution is 6.46. The van der Waals surface area contributed by atoms with Crippen LogP contribution in [-0.4, -0.2) is 46.9 Å². The van der Waals surface area contributed by atoms with E-state index in [9.17, 15) is 14.7 Å². The van der Waals surface area contributed by atoms with Crippen molar-refractivity contribution in [3.05, 3.63) is 94.3 Å². The predicted molar refractivity (Wildman–Crippen MR) is 140 cm³/mol. The van der Waals surface area contributed by atoms with Crippen LogP contribution in [-0.2, 0) is 16.1 Å². The fourth-order valence-electron chi connectivity index (χ4n) is 4.54. The van der Waals surface area contributed by atoms with Crippen molar-refractivity contribution in [1.29, 1.82) is 0 Å². The molecule has 0 bridgehead atoms. The molecule has 1 amide bonds. The van der Waals surface area contributed by atoms with E-state index in [1.54, 1.807) is 36.7 Å². The van der Waals surface area contributed by atoms with Gasteiger partial charge in [-0.25, -0.2) is 0 Å². The fourth-order valence-corrected chi connectivity index (χ4v) is 4.71. The van der Waals surface area contributed by atoms with Crippen LogP contribution in [0.25, 0.3) is 5.76 Å². The van der Waals surface area contributed by atoms with Gasteiger partial charge >= 0.3 is 0 Å². The van der Waals surface area contributed by atoms with Gasteiger partial charge < -0.3 is 19.6 Å². The number of rotatable bonds is 8. The average molecular weight is 506 g/mol. The normalized spacial score (nSPS) is 16.9. The van der Waals surface area contributed by atoms with Crippen molar-refractivity contribution < 1.29 is 19.4 Å². The second-order valence-corrected chi connectivity index (χ2v) is 8.83. The maximum absolute atomic E-state index is 13.4. The molecular formula is C28H28ClN3O4. The number of hydrogen-bond acceptors (Lipinski definition) is 6. The molecular weight excluding hydrogens is 478 g/mol. The lowest BCUT2D eigenvalue weighted by Gasteiger charge is -2.27. The molecule has 1 aromatic heterocycles. The van der Waals surface area contributed by atoms with Crippen molar-refractivity contribution in [3.8, 4) is 5.75 Å². The van der Waals surface area contributed by atoms with Crippen LogP contribution in [0.3, 0.4) is 0 Å². The number of halogens is 1. The van der Waals surface area contributed by atoms with Crippen LogP contribution in [0, 0.1) is 0 Å². The number of ether oxygens (including phenoxy) is 1. The molecule has 2 aromatic carbocycles. The van der Waals surface area contributed by atoms with Crippen molar-refractivity contribution >= 4 is 34.7 Å². The first-order chi connectivity index (χ1) is 17.4. The number of hydrogen-bond donors (Lipinski definition) is 1. The Morgan fingerprint density at radius 2 is 1.72 bits per heavy atom. The number of Topliss-reactive ketones (excluding diaryl/α,β-unsaturated/α-hetero) is 1. The Bertz CT molecular complexity index is 1290. The molecule has 1 saturated heterocycles. The minimum atomic E-state index is -0.799. The van der Waals surface area contributed by atoms with E-state index in [4.69, 9.17) is 16.3 Å². The van der Waals surface area contributed by atoms with Gasteiger partial charge in [-0.2, -0.15) is 0 Å². The van der Waals surface area contributed by atoms with Gasteiger partial charge in [0, 0.05) is 42.7 Å². The molecule has 0 spiro atoms. The SMILES string of the molecule is CCN(CC)c1ccc(C2/C(=C(\O)c3cc(Cl)ccc3OC)C(=O)C(=O)N2Cc2ccncc2)cc1. The van der Waals surface area contributed by atoms with Crippen LogP contribution in [0.4, 0.5) is 5.69 Å². The average Bonchev–Trinajstić information content (AvgIpc) is 3.15. The van der Waals surface area contributed by atoms with Crippen molar-refractivity contribution in [1.82, 2.24) is 9.88 Å². The number of carbonyl (C=O) groups excluding carboxylic acids is 2. The van der Waals surface area contributed by atoms with Gasteiger partial charge in [-0.05, 0) is 67.4 Å². The van der Waals surface area contributed by atoms with Gasteiger partial charge in [0.2, 0.25) is 0 Å². The molecule has 186 valence electrons. The molecule has 3 aromatic rings. The summed E-state index contributed by atoms with van der Waals surface area (Å²) in [6.45, 7) is 6.05. The molecule has 36 heavy (non-hydrogen) atoms. The molecule has 1 aliphatic heterocycles.